The molecule has 0 radical (unpaired) electrons. The Hall–Kier alpha value is -0.610. The normalized spacial score (nSPS) is 22.2. The van der Waals surface area contributed by atoms with Crippen molar-refractivity contribution in [2.75, 3.05) is 12.3 Å². The Labute approximate surface area is 100 Å². The van der Waals surface area contributed by atoms with E-state index in [1.165, 1.54) is 24.8 Å². The van der Waals surface area contributed by atoms with Crippen LogP contribution in [-0.4, -0.2) is 22.5 Å². The Morgan fingerprint density at radius 2 is 2.50 bits per heavy atom. The van der Waals surface area contributed by atoms with Gasteiger partial charge in [0.2, 0.25) is 0 Å². The van der Waals surface area contributed by atoms with Gasteiger partial charge in [-0.2, -0.15) is 11.8 Å². The zero-order valence-corrected chi connectivity index (χ0v) is 10.3. The quantitative estimate of drug-likeness (QED) is 0.876. The zero-order chi connectivity index (χ0) is 11.4. The van der Waals surface area contributed by atoms with Crippen molar-refractivity contribution in [3.05, 3.63) is 29.8 Å². The van der Waals surface area contributed by atoms with E-state index in [1.54, 1.807) is 12.3 Å². The van der Waals surface area contributed by atoms with Gasteiger partial charge >= 0.3 is 0 Å². The molecule has 1 aliphatic rings. The summed E-state index contributed by atoms with van der Waals surface area (Å²) in [6, 6.07) is 1.83. The minimum Gasteiger partial charge on any atom is -0.309 e. The largest absolute Gasteiger partial charge is 0.309 e. The second-order valence-electron chi connectivity index (χ2n) is 4.02. The molecule has 1 aromatic heterocycles. The number of nitrogens with zero attached hydrogens (tertiary/aromatic N) is 1. The van der Waals surface area contributed by atoms with E-state index in [0.717, 1.165) is 12.1 Å². The number of pyridine rings is 1. The Morgan fingerprint density at radius 3 is 3.12 bits per heavy atom. The molecule has 0 saturated carbocycles. The minimum absolute atomic E-state index is 0.237. The van der Waals surface area contributed by atoms with Gasteiger partial charge in [-0.3, -0.25) is 4.98 Å². The molecular formula is C12H17FN2S. The minimum atomic E-state index is -0.247. The molecule has 2 atom stereocenters. The molecule has 88 valence electrons. The lowest BCUT2D eigenvalue weighted by Gasteiger charge is -2.23. The fourth-order valence-electron chi connectivity index (χ4n) is 2.15. The van der Waals surface area contributed by atoms with Gasteiger partial charge in [0.15, 0.2) is 0 Å². The molecular weight excluding hydrogens is 223 g/mol. The third-order valence-electron chi connectivity index (χ3n) is 2.85. The first-order valence-electron chi connectivity index (χ1n) is 5.76. The topological polar surface area (TPSA) is 24.9 Å². The summed E-state index contributed by atoms with van der Waals surface area (Å²) < 4.78 is 13.2. The van der Waals surface area contributed by atoms with Crippen molar-refractivity contribution < 1.29 is 4.39 Å². The number of thioether (sulfide) groups is 1. The van der Waals surface area contributed by atoms with Crippen LogP contribution in [0.1, 0.15) is 31.4 Å². The highest BCUT2D eigenvalue weighted by Crippen LogP contribution is 2.35. The second kappa shape index (κ2) is 5.64. The first kappa shape index (κ1) is 11.9. The summed E-state index contributed by atoms with van der Waals surface area (Å²) in [5, 5.41) is 4.00. The van der Waals surface area contributed by atoms with Gasteiger partial charge in [-0.25, -0.2) is 4.39 Å². The zero-order valence-electron chi connectivity index (χ0n) is 9.45. The number of aromatic nitrogens is 1. The lowest BCUT2D eigenvalue weighted by Crippen LogP contribution is -2.29. The molecule has 1 saturated heterocycles. The maximum Gasteiger partial charge on any atom is 0.141 e. The van der Waals surface area contributed by atoms with Crippen molar-refractivity contribution in [1.82, 2.24) is 10.3 Å². The van der Waals surface area contributed by atoms with Crippen LogP contribution in [0, 0.1) is 5.82 Å². The molecule has 2 heterocycles. The van der Waals surface area contributed by atoms with Crippen LogP contribution in [-0.2, 0) is 0 Å². The van der Waals surface area contributed by atoms with E-state index in [0.29, 0.717) is 5.25 Å². The van der Waals surface area contributed by atoms with E-state index in [4.69, 9.17) is 0 Å². The van der Waals surface area contributed by atoms with Gasteiger partial charge in [-0.1, -0.05) is 6.92 Å². The van der Waals surface area contributed by atoms with Crippen molar-refractivity contribution in [2.45, 2.75) is 31.1 Å². The average Bonchev–Trinajstić information content (AvgIpc) is 2.79. The average molecular weight is 240 g/mol. The lowest BCUT2D eigenvalue weighted by atomic mass is 10.0. The highest BCUT2D eigenvalue weighted by molar-refractivity contribution is 8.00. The van der Waals surface area contributed by atoms with Crippen molar-refractivity contribution in [2.24, 2.45) is 0 Å². The van der Waals surface area contributed by atoms with Crippen LogP contribution in [0.4, 0.5) is 4.39 Å². The third kappa shape index (κ3) is 2.74. The van der Waals surface area contributed by atoms with E-state index in [-0.39, 0.29) is 11.9 Å². The van der Waals surface area contributed by atoms with Gasteiger partial charge in [0.05, 0.1) is 6.20 Å². The molecule has 0 aliphatic carbocycles. The molecule has 1 N–H and O–H groups in total. The number of nitrogens with one attached hydrogen (secondary N) is 1. The second-order valence-corrected chi connectivity index (χ2v) is 5.37. The molecule has 0 bridgehead atoms. The predicted octanol–water partition coefficient (Wildman–Crippen LogP) is 2.77. The Bertz CT molecular complexity index is 340. The van der Waals surface area contributed by atoms with Crippen molar-refractivity contribution >= 4 is 11.8 Å². The van der Waals surface area contributed by atoms with Gasteiger partial charge in [0, 0.05) is 17.5 Å². The fourth-order valence-corrected chi connectivity index (χ4v) is 3.56. The first-order valence-corrected chi connectivity index (χ1v) is 6.81. The molecule has 1 fully saturated rings. The number of hydrogen-bond donors (Lipinski definition) is 1. The van der Waals surface area contributed by atoms with Crippen LogP contribution in [0.25, 0.3) is 0 Å². The standard InChI is InChI=1S/C12H17FN2S/c1-2-15-12(11-4-3-5-16-11)9-6-10(13)8-14-7-9/h6-8,11-12,15H,2-5H2,1H3. The SMILES string of the molecule is CCNC(c1cncc(F)c1)C1CCCS1. The van der Waals surface area contributed by atoms with Crippen LogP contribution in [0.15, 0.2) is 18.5 Å². The molecule has 1 aromatic rings. The molecule has 0 aromatic carbocycles. The maximum atomic E-state index is 13.2. The van der Waals surface area contributed by atoms with Gasteiger partial charge < -0.3 is 5.32 Å². The van der Waals surface area contributed by atoms with E-state index in [9.17, 15) is 4.39 Å². The van der Waals surface area contributed by atoms with Crippen LogP contribution in [0.3, 0.4) is 0 Å². The van der Waals surface area contributed by atoms with Gasteiger partial charge in [-0.05, 0) is 36.8 Å². The van der Waals surface area contributed by atoms with E-state index >= 15 is 0 Å². The van der Waals surface area contributed by atoms with Gasteiger partial charge in [0.25, 0.3) is 0 Å². The van der Waals surface area contributed by atoms with Crippen LogP contribution in [0.5, 0.6) is 0 Å². The molecule has 0 spiro atoms. The summed E-state index contributed by atoms with van der Waals surface area (Å²) in [6.07, 6.45) is 5.50. The summed E-state index contributed by atoms with van der Waals surface area (Å²) in [5.41, 5.74) is 0.973. The van der Waals surface area contributed by atoms with Crippen LogP contribution >= 0.6 is 11.8 Å². The summed E-state index contributed by atoms with van der Waals surface area (Å²) in [7, 11) is 0. The molecule has 16 heavy (non-hydrogen) atoms. The smallest absolute Gasteiger partial charge is 0.141 e. The van der Waals surface area contributed by atoms with Crippen LogP contribution < -0.4 is 5.32 Å². The van der Waals surface area contributed by atoms with Crippen molar-refractivity contribution in [3.63, 3.8) is 0 Å². The molecule has 1 aliphatic heterocycles. The molecule has 2 nitrogen and oxygen atoms in total. The van der Waals surface area contributed by atoms with Crippen molar-refractivity contribution in [3.8, 4) is 0 Å². The summed E-state index contributed by atoms with van der Waals surface area (Å²) in [5.74, 6) is 0.971. The number of hydrogen-bond acceptors (Lipinski definition) is 3. The third-order valence-corrected chi connectivity index (χ3v) is 4.31. The molecule has 2 rings (SSSR count). The Balaban J connectivity index is 2.17. The monoisotopic (exact) mass is 240 g/mol. The molecule has 4 heteroatoms. The highest BCUT2D eigenvalue weighted by Gasteiger charge is 2.26. The fraction of sp³-hybridized carbons (Fsp3) is 0.583. The van der Waals surface area contributed by atoms with Crippen LogP contribution in [0.2, 0.25) is 0 Å². The Morgan fingerprint density at radius 1 is 1.62 bits per heavy atom. The highest BCUT2D eigenvalue weighted by atomic mass is 32.2. The predicted molar refractivity (Wildman–Crippen MR) is 66.1 cm³/mol. The van der Waals surface area contributed by atoms with E-state index in [2.05, 4.69) is 17.2 Å². The summed E-state index contributed by atoms with van der Waals surface area (Å²) in [6.45, 7) is 2.98. The lowest BCUT2D eigenvalue weighted by molar-refractivity contribution is 0.512. The van der Waals surface area contributed by atoms with E-state index in [1.807, 2.05) is 11.8 Å². The summed E-state index contributed by atoms with van der Waals surface area (Å²) in [4.78, 5) is 3.93. The number of rotatable bonds is 4. The van der Waals surface area contributed by atoms with Gasteiger partial charge in [0.1, 0.15) is 5.82 Å². The Kier molecular flexibility index (Phi) is 4.18. The molecule has 2 unspecified atom stereocenters. The number of halogens is 1. The van der Waals surface area contributed by atoms with Gasteiger partial charge in [-0.15, -0.1) is 0 Å². The molecule has 0 amide bonds. The van der Waals surface area contributed by atoms with E-state index < -0.39 is 0 Å². The van der Waals surface area contributed by atoms with Crippen molar-refractivity contribution in [1.29, 1.82) is 0 Å². The maximum absolute atomic E-state index is 13.2. The summed E-state index contributed by atoms with van der Waals surface area (Å²) >= 11 is 1.98. The first-order chi connectivity index (χ1) is 7.81.